The van der Waals surface area contributed by atoms with Crippen molar-refractivity contribution in [3.8, 4) is 0 Å². The third-order valence-electron chi connectivity index (χ3n) is 5.29. The second-order valence-corrected chi connectivity index (χ2v) is 6.47. The highest BCUT2D eigenvalue weighted by atomic mass is 16.2. The minimum atomic E-state index is -0.378. The fourth-order valence-electron chi connectivity index (χ4n) is 5.08. The van der Waals surface area contributed by atoms with Gasteiger partial charge in [0.1, 0.15) is 0 Å². The van der Waals surface area contributed by atoms with Gasteiger partial charge in [-0.3, -0.25) is 9.59 Å². The molecule has 0 aromatic carbocycles. The number of nitrogens with two attached hydrogens (primary N) is 1. The third kappa shape index (κ3) is 1.36. The van der Waals surface area contributed by atoms with Gasteiger partial charge in [0.2, 0.25) is 11.8 Å². The zero-order valence-corrected chi connectivity index (χ0v) is 10.3. The van der Waals surface area contributed by atoms with Crippen LogP contribution in [0.2, 0.25) is 0 Å². The Morgan fingerprint density at radius 2 is 1.65 bits per heavy atom. The van der Waals surface area contributed by atoms with Gasteiger partial charge in [-0.2, -0.15) is 0 Å². The third-order valence-corrected chi connectivity index (χ3v) is 5.29. The Labute approximate surface area is 101 Å². The van der Waals surface area contributed by atoms with Crippen LogP contribution < -0.4 is 11.1 Å². The van der Waals surface area contributed by atoms with Gasteiger partial charge in [0.15, 0.2) is 0 Å². The first-order valence-electron chi connectivity index (χ1n) is 6.52. The van der Waals surface area contributed by atoms with Crippen LogP contribution in [0.5, 0.6) is 0 Å². The molecule has 17 heavy (non-hydrogen) atoms. The molecule has 3 N–H and O–H groups in total. The van der Waals surface area contributed by atoms with Crippen LogP contribution in [-0.4, -0.2) is 18.9 Å². The van der Waals surface area contributed by atoms with Crippen LogP contribution in [-0.2, 0) is 9.59 Å². The number of carbonyl (C=O) groups is 2. The van der Waals surface area contributed by atoms with Crippen molar-refractivity contribution in [1.82, 2.24) is 5.32 Å². The number of hydrogen-bond acceptors (Lipinski definition) is 2. The first kappa shape index (κ1) is 11.1. The lowest BCUT2D eigenvalue weighted by molar-refractivity contribution is -0.165. The van der Waals surface area contributed by atoms with Crippen LogP contribution in [0, 0.1) is 22.7 Å². The smallest absolute Gasteiger partial charge is 0.226 e. The molecule has 4 rings (SSSR count). The average Bonchev–Trinajstić information content (AvgIpc) is 2.26. The Morgan fingerprint density at radius 3 is 2.12 bits per heavy atom. The molecular weight excluding hydrogens is 216 g/mol. The molecule has 4 aliphatic rings. The quantitative estimate of drug-likeness (QED) is 0.744. The molecule has 2 amide bonds. The Kier molecular flexibility index (Phi) is 2.11. The zero-order valence-electron chi connectivity index (χ0n) is 10.3. The molecule has 4 bridgehead atoms. The minimum Gasteiger partial charge on any atom is -0.369 e. The summed E-state index contributed by atoms with van der Waals surface area (Å²) < 4.78 is 0. The minimum absolute atomic E-state index is 0.122. The van der Waals surface area contributed by atoms with Gasteiger partial charge in [-0.1, -0.05) is 0 Å². The predicted molar refractivity (Wildman–Crippen MR) is 62.8 cm³/mol. The van der Waals surface area contributed by atoms with Crippen molar-refractivity contribution in [3.63, 3.8) is 0 Å². The van der Waals surface area contributed by atoms with Gasteiger partial charge in [-0.05, 0) is 50.4 Å². The lowest BCUT2D eigenvalue weighted by Gasteiger charge is -2.59. The summed E-state index contributed by atoms with van der Waals surface area (Å²) in [6.45, 7) is 0. The summed E-state index contributed by atoms with van der Waals surface area (Å²) in [5.41, 5.74) is 4.95. The molecule has 4 nitrogen and oxygen atoms in total. The summed E-state index contributed by atoms with van der Waals surface area (Å²) in [7, 11) is 1.69. The molecule has 2 unspecified atom stereocenters. The van der Waals surface area contributed by atoms with Crippen LogP contribution >= 0.6 is 0 Å². The maximum absolute atomic E-state index is 12.2. The maximum Gasteiger partial charge on any atom is 0.226 e. The van der Waals surface area contributed by atoms with Crippen molar-refractivity contribution < 1.29 is 9.59 Å². The van der Waals surface area contributed by atoms with E-state index >= 15 is 0 Å². The Morgan fingerprint density at radius 1 is 1.12 bits per heavy atom. The first-order valence-corrected chi connectivity index (χ1v) is 6.52. The van der Waals surface area contributed by atoms with E-state index in [0.29, 0.717) is 18.3 Å². The second kappa shape index (κ2) is 3.24. The van der Waals surface area contributed by atoms with Gasteiger partial charge in [0.05, 0.1) is 10.8 Å². The van der Waals surface area contributed by atoms with E-state index in [1.165, 1.54) is 6.42 Å². The topological polar surface area (TPSA) is 72.2 Å². The molecule has 4 saturated carbocycles. The molecule has 0 aromatic heterocycles. The van der Waals surface area contributed by atoms with Crippen LogP contribution in [0.15, 0.2) is 0 Å². The summed E-state index contributed by atoms with van der Waals surface area (Å²) >= 11 is 0. The van der Waals surface area contributed by atoms with Gasteiger partial charge in [-0.25, -0.2) is 0 Å². The normalized spacial score (nSPS) is 46.9. The van der Waals surface area contributed by atoms with E-state index in [4.69, 9.17) is 5.73 Å². The summed E-state index contributed by atoms with van der Waals surface area (Å²) in [6, 6.07) is 0. The molecule has 0 saturated heterocycles. The summed E-state index contributed by atoms with van der Waals surface area (Å²) in [5.74, 6) is 0.999. The van der Waals surface area contributed by atoms with E-state index in [1.54, 1.807) is 7.05 Å². The molecule has 0 aliphatic heterocycles. The number of amides is 2. The number of primary amides is 1. The molecule has 0 radical (unpaired) electrons. The summed E-state index contributed by atoms with van der Waals surface area (Å²) in [4.78, 5) is 24.0. The summed E-state index contributed by atoms with van der Waals surface area (Å²) in [5, 5.41) is 2.79. The molecule has 0 heterocycles. The van der Waals surface area contributed by atoms with Gasteiger partial charge in [0.25, 0.3) is 0 Å². The highest BCUT2D eigenvalue weighted by Gasteiger charge is 2.62. The van der Waals surface area contributed by atoms with E-state index in [0.717, 1.165) is 25.7 Å². The Hall–Kier alpha value is -1.06. The van der Waals surface area contributed by atoms with E-state index in [-0.39, 0.29) is 22.6 Å². The lowest BCUT2D eigenvalue weighted by atomic mass is 9.43. The van der Waals surface area contributed by atoms with Crippen LogP contribution in [0.25, 0.3) is 0 Å². The molecule has 4 heteroatoms. The van der Waals surface area contributed by atoms with Gasteiger partial charge >= 0.3 is 0 Å². The van der Waals surface area contributed by atoms with Crippen LogP contribution in [0.1, 0.15) is 38.5 Å². The van der Waals surface area contributed by atoms with Crippen LogP contribution in [0.4, 0.5) is 0 Å². The van der Waals surface area contributed by atoms with Crippen molar-refractivity contribution in [2.75, 3.05) is 7.05 Å². The van der Waals surface area contributed by atoms with Gasteiger partial charge < -0.3 is 11.1 Å². The van der Waals surface area contributed by atoms with Crippen LogP contribution in [0.3, 0.4) is 0 Å². The Bertz CT molecular complexity index is 377. The SMILES string of the molecule is CNC(=O)C12CC3CC(CC(C(N)=O)(C3)C1)C2. The maximum atomic E-state index is 12.2. The largest absolute Gasteiger partial charge is 0.369 e. The molecule has 2 atom stereocenters. The van der Waals surface area contributed by atoms with Crippen molar-refractivity contribution in [2.24, 2.45) is 28.4 Å². The number of hydrogen-bond donors (Lipinski definition) is 2. The van der Waals surface area contributed by atoms with Gasteiger partial charge in [-0.15, -0.1) is 0 Å². The molecule has 0 spiro atoms. The van der Waals surface area contributed by atoms with Crippen molar-refractivity contribution in [2.45, 2.75) is 38.5 Å². The Balaban J connectivity index is 2.00. The number of rotatable bonds is 2. The molecule has 4 fully saturated rings. The van der Waals surface area contributed by atoms with Crippen molar-refractivity contribution in [1.29, 1.82) is 0 Å². The highest BCUT2D eigenvalue weighted by Crippen LogP contribution is 2.65. The monoisotopic (exact) mass is 236 g/mol. The van der Waals surface area contributed by atoms with Crippen molar-refractivity contribution >= 4 is 11.8 Å². The van der Waals surface area contributed by atoms with Crippen molar-refractivity contribution in [3.05, 3.63) is 0 Å². The highest BCUT2D eigenvalue weighted by molar-refractivity contribution is 5.87. The van der Waals surface area contributed by atoms with E-state index in [2.05, 4.69) is 5.32 Å². The van der Waals surface area contributed by atoms with E-state index in [1.807, 2.05) is 0 Å². The molecule has 4 aliphatic carbocycles. The number of carbonyl (C=O) groups excluding carboxylic acids is 2. The number of nitrogens with one attached hydrogen (secondary N) is 1. The van der Waals surface area contributed by atoms with Gasteiger partial charge in [0, 0.05) is 7.05 Å². The summed E-state index contributed by atoms with van der Waals surface area (Å²) in [6.07, 6.45) is 5.61. The second-order valence-electron chi connectivity index (χ2n) is 6.47. The average molecular weight is 236 g/mol. The molecule has 94 valence electrons. The fourth-order valence-corrected chi connectivity index (χ4v) is 5.08. The molecule has 0 aromatic rings. The van der Waals surface area contributed by atoms with E-state index < -0.39 is 0 Å². The molecular formula is C13H20N2O2. The fraction of sp³-hybridized carbons (Fsp3) is 0.846. The zero-order chi connectivity index (χ0) is 12.3. The first-order chi connectivity index (χ1) is 8.00. The standard InChI is InChI=1S/C13H20N2O2/c1-15-11(17)13-5-8-2-9(6-13)4-12(3-8,7-13)10(14)16/h8-9H,2-7H2,1H3,(H2,14,16)(H,15,17). The predicted octanol–water partition coefficient (Wildman–Crippen LogP) is 0.804. The lowest BCUT2D eigenvalue weighted by Crippen LogP contribution is -2.60. The van der Waals surface area contributed by atoms with E-state index in [9.17, 15) is 9.59 Å².